The van der Waals surface area contributed by atoms with E-state index in [4.69, 9.17) is 14.1 Å². The molecule has 0 radical (unpaired) electrons. The van der Waals surface area contributed by atoms with Crippen LogP contribution in [0.15, 0.2) is 51.0 Å². The van der Waals surface area contributed by atoms with Crippen molar-refractivity contribution in [2.45, 2.75) is 32.0 Å². The van der Waals surface area contributed by atoms with Crippen LogP contribution in [0.3, 0.4) is 0 Å². The van der Waals surface area contributed by atoms with Gasteiger partial charge in [0, 0.05) is 30.0 Å². The van der Waals surface area contributed by atoms with Crippen molar-refractivity contribution in [2.75, 3.05) is 13.2 Å². The Morgan fingerprint density at radius 2 is 2.14 bits per heavy atom. The summed E-state index contributed by atoms with van der Waals surface area (Å²) in [6.07, 6.45) is 2.43. The molecule has 1 N–H and O–H groups in total. The number of hydrogen-bond donors (Lipinski definition) is 1. The molecule has 6 nitrogen and oxygen atoms in total. The molecular weight excluding hydrogens is 374 g/mol. The van der Waals surface area contributed by atoms with Crippen molar-refractivity contribution in [1.82, 2.24) is 14.9 Å². The zero-order valence-electron chi connectivity index (χ0n) is 15.4. The third-order valence-corrected chi connectivity index (χ3v) is 5.96. The number of fused-ring (bicyclic) bond motifs is 3. The lowest BCUT2D eigenvalue weighted by Crippen LogP contribution is -2.32. The Balaban J connectivity index is 1.47. The molecule has 1 atom stereocenters. The fraction of sp³-hybridized carbons (Fsp3) is 0.333. The number of nitrogens with zero attached hydrogens (tertiary/aromatic N) is 2. The fourth-order valence-corrected chi connectivity index (χ4v) is 4.56. The highest BCUT2D eigenvalue weighted by molar-refractivity contribution is 7.09. The van der Waals surface area contributed by atoms with Gasteiger partial charge in [-0.05, 0) is 36.4 Å². The lowest BCUT2D eigenvalue weighted by atomic mass is 10.2. The molecule has 1 aliphatic heterocycles. The van der Waals surface area contributed by atoms with Crippen LogP contribution < -0.4 is 5.56 Å². The minimum absolute atomic E-state index is 0.232. The third kappa shape index (κ3) is 3.48. The molecule has 4 aromatic rings. The molecule has 0 saturated carbocycles. The van der Waals surface area contributed by atoms with E-state index in [1.807, 2.05) is 24.3 Å². The van der Waals surface area contributed by atoms with E-state index in [-0.39, 0.29) is 17.2 Å². The normalized spacial score (nSPS) is 17.2. The highest BCUT2D eigenvalue weighted by Crippen LogP contribution is 2.25. The van der Waals surface area contributed by atoms with Crippen molar-refractivity contribution in [3.05, 3.63) is 62.8 Å². The first-order valence-corrected chi connectivity index (χ1v) is 10.4. The Morgan fingerprint density at radius 1 is 1.21 bits per heavy atom. The lowest BCUT2D eigenvalue weighted by Gasteiger charge is -2.24. The van der Waals surface area contributed by atoms with E-state index < -0.39 is 0 Å². The molecule has 28 heavy (non-hydrogen) atoms. The molecule has 3 aromatic heterocycles. The Hall–Kier alpha value is -2.48. The van der Waals surface area contributed by atoms with Gasteiger partial charge in [0.15, 0.2) is 0 Å². The number of hydrogen-bond acceptors (Lipinski definition) is 6. The van der Waals surface area contributed by atoms with E-state index >= 15 is 0 Å². The maximum Gasteiger partial charge on any atom is 0.294 e. The topological polar surface area (TPSA) is 71.4 Å². The highest BCUT2D eigenvalue weighted by Gasteiger charge is 2.21. The molecule has 0 bridgehead atoms. The number of ether oxygens (including phenoxy) is 1. The van der Waals surface area contributed by atoms with Gasteiger partial charge < -0.3 is 14.1 Å². The maximum atomic E-state index is 12.6. The average molecular weight is 395 g/mol. The largest absolute Gasteiger partial charge is 0.449 e. The van der Waals surface area contributed by atoms with Crippen molar-refractivity contribution in [1.29, 1.82) is 0 Å². The van der Waals surface area contributed by atoms with Crippen LogP contribution in [-0.2, 0) is 17.8 Å². The molecule has 0 aliphatic carbocycles. The third-order valence-electron chi connectivity index (χ3n) is 5.10. The van der Waals surface area contributed by atoms with Crippen molar-refractivity contribution in [2.24, 2.45) is 0 Å². The van der Waals surface area contributed by atoms with Gasteiger partial charge in [-0.15, -0.1) is 11.3 Å². The first-order chi connectivity index (χ1) is 13.8. The number of nitrogens with one attached hydrogen (secondary N) is 1. The number of H-pyrrole nitrogens is 1. The van der Waals surface area contributed by atoms with Crippen LogP contribution in [0.25, 0.3) is 22.1 Å². The minimum atomic E-state index is -0.232. The first kappa shape index (κ1) is 17.6. The fourth-order valence-electron chi connectivity index (χ4n) is 3.82. The van der Waals surface area contributed by atoms with Gasteiger partial charge in [0.05, 0.1) is 12.6 Å². The van der Waals surface area contributed by atoms with Gasteiger partial charge >= 0.3 is 0 Å². The summed E-state index contributed by atoms with van der Waals surface area (Å²) in [4.78, 5) is 23.8. The number of furan rings is 1. The van der Waals surface area contributed by atoms with Crippen molar-refractivity contribution in [3.63, 3.8) is 0 Å². The van der Waals surface area contributed by atoms with E-state index in [1.165, 1.54) is 4.88 Å². The van der Waals surface area contributed by atoms with Gasteiger partial charge in [-0.1, -0.05) is 18.2 Å². The smallest absolute Gasteiger partial charge is 0.294 e. The van der Waals surface area contributed by atoms with E-state index in [0.717, 1.165) is 37.9 Å². The standard InChI is InChI=1S/C21H21N3O3S/c25-21-20-19(16-7-1-2-8-17(16)27-20)22-18(23-21)13-24(11-14-5-3-9-26-14)12-15-6-4-10-28-15/h1-2,4,6-8,10,14H,3,5,9,11-13H2,(H,22,23,25)/t14-/m0/s1. The molecule has 1 aliphatic rings. The van der Waals surface area contributed by atoms with Crippen LogP contribution in [-0.4, -0.2) is 34.1 Å². The number of thiophene rings is 1. The van der Waals surface area contributed by atoms with Gasteiger partial charge in [-0.25, -0.2) is 4.98 Å². The molecule has 144 valence electrons. The van der Waals surface area contributed by atoms with E-state index in [2.05, 4.69) is 27.4 Å². The predicted molar refractivity (Wildman–Crippen MR) is 110 cm³/mol. The SMILES string of the molecule is O=c1[nH]c(CN(Cc2cccs2)C[C@@H]2CCCO2)nc2c1oc1ccccc12. The molecule has 7 heteroatoms. The summed E-state index contributed by atoms with van der Waals surface area (Å²) >= 11 is 1.74. The second-order valence-electron chi connectivity index (χ2n) is 7.17. The summed E-state index contributed by atoms with van der Waals surface area (Å²) in [5.74, 6) is 0.651. The number of aromatic nitrogens is 2. The van der Waals surface area contributed by atoms with E-state index in [1.54, 1.807) is 11.3 Å². The first-order valence-electron chi connectivity index (χ1n) is 9.53. The number of benzene rings is 1. The molecular formula is C21H21N3O3S. The van der Waals surface area contributed by atoms with Gasteiger partial charge in [-0.3, -0.25) is 9.69 Å². The second-order valence-corrected chi connectivity index (χ2v) is 8.20. The van der Waals surface area contributed by atoms with Crippen molar-refractivity contribution in [3.8, 4) is 0 Å². The zero-order valence-corrected chi connectivity index (χ0v) is 16.2. The summed E-state index contributed by atoms with van der Waals surface area (Å²) in [5, 5.41) is 2.96. The quantitative estimate of drug-likeness (QED) is 0.536. The van der Waals surface area contributed by atoms with E-state index in [0.29, 0.717) is 23.5 Å². The lowest BCUT2D eigenvalue weighted by molar-refractivity contribution is 0.0673. The monoisotopic (exact) mass is 395 g/mol. The van der Waals surface area contributed by atoms with Crippen molar-refractivity contribution >= 4 is 33.4 Å². The summed E-state index contributed by atoms with van der Waals surface area (Å²) < 4.78 is 11.5. The molecule has 0 amide bonds. The highest BCUT2D eigenvalue weighted by atomic mass is 32.1. The van der Waals surface area contributed by atoms with Crippen LogP contribution in [0.5, 0.6) is 0 Å². The van der Waals surface area contributed by atoms with Gasteiger partial charge in [0.25, 0.3) is 5.56 Å². The van der Waals surface area contributed by atoms with Gasteiger partial charge in [-0.2, -0.15) is 0 Å². The number of rotatable bonds is 6. The van der Waals surface area contributed by atoms with Crippen LogP contribution in [0.4, 0.5) is 0 Å². The predicted octanol–water partition coefficient (Wildman–Crippen LogP) is 3.91. The zero-order chi connectivity index (χ0) is 18.9. The Labute approximate surface area is 165 Å². The van der Waals surface area contributed by atoms with Gasteiger partial charge in [0.1, 0.15) is 16.9 Å². The van der Waals surface area contributed by atoms with Crippen LogP contribution in [0.1, 0.15) is 23.5 Å². The molecule has 1 fully saturated rings. The molecule has 0 unspecified atom stereocenters. The summed E-state index contributed by atoms with van der Waals surface area (Å²) in [6, 6.07) is 11.8. The Kier molecular flexibility index (Phi) is 4.72. The van der Waals surface area contributed by atoms with Crippen LogP contribution in [0.2, 0.25) is 0 Å². The van der Waals surface area contributed by atoms with Gasteiger partial charge in [0.2, 0.25) is 5.58 Å². The molecule has 4 heterocycles. The van der Waals surface area contributed by atoms with Crippen molar-refractivity contribution < 1.29 is 9.15 Å². The van der Waals surface area contributed by atoms with E-state index in [9.17, 15) is 4.79 Å². The maximum absolute atomic E-state index is 12.6. The Morgan fingerprint density at radius 3 is 2.96 bits per heavy atom. The molecule has 1 saturated heterocycles. The van der Waals surface area contributed by atoms with Crippen LogP contribution in [0, 0.1) is 0 Å². The second kappa shape index (κ2) is 7.50. The van der Waals surface area contributed by atoms with Crippen LogP contribution >= 0.6 is 11.3 Å². The molecule has 5 rings (SSSR count). The summed E-state index contributed by atoms with van der Waals surface area (Å²) in [6.45, 7) is 3.03. The Bertz CT molecular complexity index is 1140. The average Bonchev–Trinajstić information content (AvgIpc) is 3.43. The molecule has 1 aromatic carbocycles. The minimum Gasteiger partial charge on any atom is -0.449 e. The molecule has 0 spiro atoms. The summed E-state index contributed by atoms with van der Waals surface area (Å²) in [7, 11) is 0. The number of aromatic amines is 1. The number of para-hydroxylation sites is 1. The summed E-state index contributed by atoms with van der Waals surface area (Å²) in [5.41, 5.74) is 1.36.